The zero-order valence-electron chi connectivity index (χ0n) is 6.90. The van der Waals surface area contributed by atoms with E-state index in [0.717, 1.165) is 0 Å². The molecule has 0 aromatic heterocycles. The Morgan fingerprint density at radius 1 is 0.786 bits per heavy atom. The van der Waals surface area contributed by atoms with Gasteiger partial charge in [0, 0.05) is 0 Å². The fourth-order valence-corrected chi connectivity index (χ4v) is 0. The van der Waals surface area contributed by atoms with Gasteiger partial charge < -0.3 is 39.6 Å². The second kappa shape index (κ2) is 23.0. The maximum Gasteiger partial charge on any atom is 3.00 e. The molecule has 0 spiro atoms. The largest absolute Gasteiger partial charge is 3.00 e. The molecule has 0 atom stereocenters. The molecule has 0 saturated heterocycles. The van der Waals surface area contributed by atoms with Gasteiger partial charge in [-0.05, 0) is 6.16 Å². The van der Waals surface area contributed by atoms with Gasteiger partial charge in [-0.1, -0.05) is 0 Å². The first kappa shape index (κ1) is 49.1. The molecule has 0 saturated carbocycles. The first-order chi connectivity index (χ1) is 3.73. The topological polar surface area (TPSA) is 295 Å². The number of hydrogen-bond acceptors (Lipinski definition) is 11. The molecule has 12 N–H and O–H groups in total. The van der Waals surface area contributed by atoms with E-state index in [1.165, 1.54) is 0 Å². The van der Waals surface area contributed by atoms with Crippen molar-refractivity contribution in [1.29, 1.82) is 0 Å². The van der Waals surface area contributed by atoms with Gasteiger partial charge in [-0.3, -0.25) is 0 Å². The van der Waals surface area contributed by atoms with Crippen LogP contribution in [0.25, 0.3) is 0 Å². The zero-order valence-corrected chi connectivity index (χ0v) is 8.69. The van der Waals surface area contributed by atoms with Crippen LogP contribution in [-0.2, 0) is 16.8 Å². The molecular weight excluding hydrogens is 274 g/mol. The van der Waals surface area contributed by atoms with E-state index in [-0.39, 0.29) is 41.4 Å². The van der Waals surface area contributed by atoms with Crippen LogP contribution in [0.5, 0.6) is 0 Å². The maximum absolute atomic E-state index is 8.49. The van der Waals surface area contributed by atoms with E-state index in [1.54, 1.807) is 0 Å². The second-order valence-electron chi connectivity index (χ2n) is 0.628. The number of carbonyl (C=O) groups excluding carboxylic acids is 1. The minimum absolute atomic E-state index is 0. The van der Waals surface area contributed by atoms with Crippen molar-refractivity contribution < 1.29 is 60.7 Å². The summed E-state index contributed by atoms with van der Waals surface area (Å²) in [6, 6.07) is 0. The van der Waals surface area contributed by atoms with Crippen molar-refractivity contribution in [3.63, 3.8) is 0 Å². The summed E-state index contributed by atoms with van der Waals surface area (Å²) in [6.07, 6.45) is -2.33. The normalized spacial score (nSPS) is 6.00. The third-order valence-electron chi connectivity index (χ3n) is 0. The van der Waals surface area contributed by atoms with Gasteiger partial charge in [-0.15, -0.1) is 10.2 Å². The molecule has 0 heterocycles. The molecule has 94 valence electrons. The molecule has 0 aliphatic carbocycles. The predicted molar refractivity (Wildman–Crippen MR) is 25.5 cm³/mol. The van der Waals surface area contributed by atoms with Crippen molar-refractivity contribution in [2.75, 3.05) is 0 Å². The van der Waals surface area contributed by atoms with E-state index in [1.807, 2.05) is 0 Å². The second-order valence-corrected chi connectivity index (χ2v) is 1.38. The first-order valence-electron chi connectivity index (χ1n) is 1.23. The zero-order chi connectivity index (χ0) is 8.08. The summed E-state index contributed by atoms with van der Waals surface area (Å²) in [4.78, 5) is 8.33. The van der Waals surface area contributed by atoms with Crippen molar-refractivity contribution >= 4 is 6.16 Å². The summed E-state index contributed by atoms with van der Waals surface area (Å²) in [7, 11) is -4.94. The number of carbonyl (C=O) groups is 1. The number of carboxylic acid groups (broad SMARTS) is 2. The maximum atomic E-state index is 8.49. The molecule has 0 radical (unpaired) electrons. The van der Waals surface area contributed by atoms with Gasteiger partial charge in [0.15, 0.2) is 0 Å². The van der Waals surface area contributed by atoms with E-state index in [4.69, 9.17) is 33.6 Å². The average molecular weight is 287 g/mol. The molecule has 14 heavy (non-hydrogen) atoms. The van der Waals surface area contributed by atoms with Crippen LogP contribution in [0.15, 0.2) is 0 Å². The molecule has 0 aromatic carbocycles. The summed E-state index contributed by atoms with van der Waals surface area (Å²) in [6.45, 7) is 0. The van der Waals surface area contributed by atoms with E-state index in [0.29, 0.717) is 0 Å². The molecule has 13 heteroatoms. The first-order valence-corrected chi connectivity index (χ1v) is 2.46. The Balaban J connectivity index is -0.0000000104. The van der Waals surface area contributed by atoms with Crippen LogP contribution in [0.1, 0.15) is 0 Å². The minimum atomic E-state index is -4.94. The molecular formula is CH12ClCoN4O7. The van der Waals surface area contributed by atoms with Gasteiger partial charge in [0.25, 0.3) is 0 Å². The minimum Gasteiger partial charge on any atom is -0.652 e. The fraction of sp³-hybridized carbons (Fsp3) is 0. The Kier molecular flexibility index (Phi) is 80.6. The molecule has 0 aromatic rings. The van der Waals surface area contributed by atoms with Crippen molar-refractivity contribution in [3.8, 4) is 0 Å². The Morgan fingerprint density at radius 2 is 0.786 bits per heavy atom. The van der Waals surface area contributed by atoms with Crippen LogP contribution >= 0.6 is 0 Å². The Morgan fingerprint density at radius 3 is 0.786 bits per heavy atom. The SMILES string of the molecule is N.N.N.N.O=C([O-])[O-].[Co+3].[O-][Cl+3]([O-])([O-])[O-]. The van der Waals surface area contributed by atoms with Crippen LogP contribution in [-0.4, -0.2) is 6.16 Å². The van der Waals surface area contributed by atoms with Crippen LogP contribution in [0, 0.1) is 10.2 Å². The molecule has 0 aliphatic heterocycles. The Hall–Kier alpha value is -0.254. The summed E-state index contributed by atoms with van der Waals surface area (Å²) < 4.78 is 34.0. The quantitative estimate of drug-likeness (QED) is 0.324. The Labute approximate surface area is 92.0 Å². The fourth-order valence-electron chi connectivity index (χ4n) is 0. The standard InChI is InChI=1S/CH2O3.ClHO4.Co.4H3N/c2-1(3)4;2-1(3,4)5;;;;;/h(H2,2,3,4);(H,2,3,4,5);;4*1H3/q;;+3;;;;/p-3. The van der Waals surface area contributed by atoms with Crippen LogP contribution in [0.3, 0.4) is 0 Å². The smallest absolute Gasteiger partial charge is 0.652 e. The third-order valence-corrected chi connectivity index (χ3v) is 0. The molecule has 0 fully saturated rings. The van der Waals surface area contributed by atoms with Crippen LogP contribution in [0.4, 0.5) is 4.79 Å². The third kappa shape index (κ3) is 21100. The van der Waals surface area contributed by atoms with Crippen molar-refractivity contribution in [1.82, 2.24) is 24.6 Å². The molecule has 0 rings (SSSR count). The number of rotatable bonds is 0. The number of hydrogen-bond donors (Lipinski definition) is 4. The van der Waals surface area contributed by atoms with E-state index < -0.39 is 16.4 Å². The Bertz CT molecular complexity index is 88.2. The molecule has 0 bridgehead atoms. The molecule has 0 amide bonds. The number of halogens is 1. The van der Waals surface area contributed by atoms with Gasteiger partial charge in [-0.25, -0.2) is 18.6 Å². The van der Waals surface area contributed by atoms with Crippen LogP contribution < -0.4 is 53.5 Å². The summed E-state index contributed by atoms with van der Waals surface area (Å²) in [5.74, 6) is 0. The molecule has 0 aliphatic rings. The van der Waals surface area contributed by atoms with Crippen LogP contribution in [0.2, 0.25) is 0 Å². The van der Waals surface area contributed by atoms with Gasteiger partial charge in [-0.2, -0.15) is 0 Å². The summed E-state index contributed by atoms with van der Waals surface area (Å²) in [5.41, 5.74) is 0. The van der Waals surface area contributed by atoms with Gasteiger partial charge in [0.2, 0.25) is 0 Å². The predicted octanol–water partition coefficient (Wildman–Crippen LogP) is -6.56. The van der Waals surface area contributed by atoms with Gasteiger partial charge in [0.1, 0.15) is 0 Å². The molecule has 11 nitrogen and oxygen atoms in total. The van der Waals surface area contributed by atoms with Crippen molar-refractivity contribution in [3.05, 3.63) is 0 Å². The average Bonchev–Trinajstić information content (AvgIpc) is 1.19. The summed E-state index contributed by atoms with van der Waals surface area (Å²) in [5, 5.41) is 16.7. The van der Waals surface area contributed by atoms with E-state index in [2.05, 4.69) is 0 Å². The van der Waals surface area contributed by atoms with Gasteiger partial charge >= 0.3 is 16.8 Å². The monoisotopic (exact) mass is 286 g/mol. The molecule has 0 unspecified atom stereocenters. The summed E-state index contributed by atoms with van der Waals surface area (Å²) >= 11 is 0. The van der Waals surface area contributed by atoms with Gasteiger partial charge in [0.05, 0.1) is 0 Å². The van der Waals surface area contributed by atoms with Crippen molar-refractivity contribution in [2.24, 2.45) is 0 Å². The van der Waals surface area contributed by atoms with E-state index >= 15 is 0 Å². The van der Waals surface area contributed by atoms with E-state index in [9.17, 15) is 0 Å². The van der Waals surface area contributed by atoms with Crippen molar-refractivity contribution in [2.45, 2.75) is 0 Å².